The van der Waals surface area contributed by atoms with E-state index < -0.39 is 6.10 Å². The van der Waals surface area contributed by atoms with Gasteiger partial charge in [0.25, 0.3) is 0 Å². The van der Waals surface area contributed by atoms with Gasteiger partial charge < -0.3 is 15.9 Å². The van der Waals surface area contributed by atoms with E-state index in [4.69, 9.17) is 10.8 Å². The lowest BCUT2D eigenvalue weighted by Gasteiger charge is -2.24. The first kappa shape index (κ1) is 19.1. The van der Waals surface area contributed by atoms with E-state index in [2.05, 4.69) is 32.0 Å². The molecule has 0 bridgehead atoms. The molecule has 0 heterocycles. The zero-order chi connectivity index (χ0) is 16.4. The molecule has 0 radical (unpaired) electrons. The molecule has 0 aliphatic heterocycles. The fraction of sp³-hybridized carbons (Fsp3) is 0.684. The van der Waals surface area contributed by atoms with Gasteiger partial charge in [-0.25, -0.2) is 0 Å². The molecule has 0 saturated heterocycles. The molecule has 0 saturated carbocycles. The third-order valence-corrected chi connectivity index (χ3v) is 4.37. The Morgan fingerprint density at radius 3 is 2.27 bits per heavy atom. The van der Waals surface area contributed by atoms with E-state index in [0.29, 0.717) is 18.8 Å². The van der Waals surface area contributed by atoms with Crippen molar-refractivity contribution in [1.82, 2.24) is 0 Å². The molecule has 3 heteroatoms. The molecule has 1 rings (SSSR count). The van der Waals surface area contributed by atoms with Crippen molar-refractivity contribution in [2.45, 2.75) is 76.9 Å². The summed E-state index contributed by atoms with van der Waals surface area (Å²) in [7, 11) is 0. The highest BCUT2D eigenvalue weighted by atomic mass is 16.3. The van der Waals surface area contributed by atoms with Crippen LogP contribution in [0.3, 0.4) is 0 Å². The molecular weight excluding hydrogens is 274 g/mol. The zero-order valence-electron chi connectivity index (χ0n) is 14.2. The van der Waals surface area contributed by atoms with Crippen molar-refractivity contribution in [2.75, 3.05) is 6.61 Å². The van der Waals surface area contributed by atoms with Gasteiger partial charge in [0, 0.05) is 12.6 Å². The van der Waals surface area contributed by atoms with Gasteiger partial charge in [-0.05, 0) is 42.7 Å². The van der Waals surface area contributed by atoms with Crippen LogP contribution in [-0.4, -0.2) is 22.9 Å². The Kier molecular flexibility index (Phi) is 9.37. The minimum Gasteiger partial charge on any atom is -0.396 e. The van der Waals surface area contributed by atoms with Crippen LogP contribution in [0.2, 0.25) is 0 Å². The fourth-order valence-corrected chi connectivity index (χ4v) is 3.16. The Morgan fingerprint density at radius 2 is 1.68 bits per heavy atom. The molecule has 126 valence electrons. The third-order valence-electron chi connectivity index (χ3n) is 4.37. The molecule has 4 N–H and O–H groups in total. The van der Waals surface area contributed by atoms with E-state index in [-0.39, 0.29) is 12.6 Å². The van der Waals surface area contributed by atoms with Gasteiger partial charge in [-0.15, -0.1) is 0 Å². The number of nitrogens with two attached hydrogens (primary N) is 1. The van der Waals surface area contributed by atoms with Gasteiger partial charge in [0.1, 0.15) is 0 Å². The molecule has 0 aromatic heterocycles. The van der Waals surface area contributed by atoms with Crippen LogP contribution in [0.4, 0.5) is 0 Å². The summed E-state index contributed by atoms with van der Waals surface area (Å²) in [6.07, 6.45) is 6.37. The van der Waals surface area contributed by atoms with Crippen molar-refractivity contribution < 1.29 is 10.2 Å². The first-order valence-electron chi connectivity index (χ1n) is 8.77. The summed E-state index contributed by atoms with van der Waals surface area (Å²) in [4.78, 5) is 0. The van der Waals surface area contributed by atoms with E-state index >= 15 is 0 Å². The predicted octanol–water partition coefficient (Wildman–Crippen LogP) is 3.89. The molecule has 0 aliphatic carbocycles. The summed E-state index contributed by atoms with van der Waals surface area (Å²) in [5, 5.41) is 18.8. The maximum absolute atomic E-state index is 9.92. The quantitative estimate of drug-likeness (QED) is 0.581. The number of rotatable bonds is 11. The summed E-state index contributed by atoms with van der Waals surface area (Å²) in [5.41, 5.74) is 8.86. The van der Waals surface area contributed by atoms with Gasteiger partial charge in [-0.3, -0.25) is 0 Å². The molecule has 0 fully saturated rings. The highest BCUT2D eigenvalue weighted by Crippen LogP contribution is 2.33. The predicted molar refractivity (Wildman–Crippen MR) is 92.9 cm³/mol. The molecule has 3 unspecified atom stereocenters. The Labute approximate surface area is 135 Å². The second kappa shape index (κ2) is 10.8. The lowest BCUT2D eigenvalue weighted by molar-refractivity contribution is 0.118. The standard InChI is InChI=1S/C19H33NO2/c1-3-5-9-15(8-4-2)17-10-6-7-11-18(17)19(20)14-16(22)12-13-21/h6-7,10-11,15-16,19,21-22H,3-5,8-9,12-14,20H2,1-2H3. The zero-order valence-corrected chi connectivity index (χ0v) is 14.2. The molecule has 22 heavy (non-hydrogen) atoms. The number of hydrogen-bond acceptors (Lipinski definition) is 3. The van der Waals surface area contributed by atoms with Crippen LogP contribution in [0, 0.1) is 0 Å². The summed E-state index contributed by atoms with van der Waals surface area (Å²) in [6.45, 7) is 4.46. The van der Waals surface area contributed by atoms with E-state index in [1.54, 1.807) is 0 Å². The molecule has 0 spiro atoms. The second-order valence-electron chi connectivity index (χ2n) is 6.27. The van der Waals surface area contributed by atoms with Crippen molar-refractivity contribution in [3.63, 3.8) is 0 Å². The van der Waals surface area contributed by atoms with Crippen LogP contribution in [0.15, 0.2) is 24.3 Å². The Hall–Kier alpha value is -0.900. The van der Waals surface area contributed by atoms with Crippen molar-refractivity contribution in [3.05, 3.63) is 35.4 Å². The van der Waals surface area contributed by atoms with E-state index in [9.17, 15) is 5.11 Å². The van der Waals surface area contributed by atoms with Crippen LogP contribution < -0.4 is 5.73 Å². The second-order valence-corrected chi connectivity index (χ2v) is 6.27. The summed E-state index contributed by atoms with van der Waals surface area (Å²) in [5.74, 6) is 0.558. The van der Waals surface area contributed by atoms with Crippen molar-refractivity contribution >= 4 is 0 Å². The minimum absolute atomic E-state index is 0.00446. The maximum Gasteiger partial charge on any atom is 0.0580 e. The number of aliphatic hydroxyl groups excluding tert-OH is 2. The van der Waals surface area contributed by atoms with Crippen LogP contribution >= 0.6 is 0 Å². The highest BCUT2D eigenvalue weighted by Gasteiger charge is 2.19. The number of aliphatic hydroxyl groups is 2. The lowest BCUT2D eigenvalue weighted by atomic mass is 9.84. The minimum atomic E-state index is -0.534. The Morgan fingerprint density at radius 1 is 1.00 bits per heavy atom. The van der Waals surface area contributed by atoms with Gasteiger partial charge in [0.2, 0.25) is 0 Å². The molecule has 3 nitrogen and oxygen atoms in total. The summed E-state index contributed by atoms with van der Waals surface area (Å²) < 4.78 is 0. The van der Waals surface area contributed by atoms with Gasteiger partial charge in [0.15, 0.2) is 0 Å². The molecule has 3 atom stereocenters. The number of benzene rings is 1. The largest absolute Gasteiger partial charge is 0.396 e. The van der Waals surface area contributed by atoms with Gasteiger partial charge in [-0.1, -0.05) is 57.4 Å². The average molecular weight is 307 g/mol. The van der Waals surface area contributed by atoms with Crippen LogP contribution in [0.5, 0.6) is 0 Å². The molecule has 1 aromatic rings. The van der Waals surface area contributed by atoms with Crippen LogP contribution in [-0.2, 0) is 0 Å². The summed E-state index contributed by atoms with van der Waals surface area (Å²) in [6, 6.07) is 8.24. The first-order valence-corrected chi connectivity index (χ1v) is 8.77. The number of unbranched alkanes of at least 4 members (excludes halogenated alkanes) is 1. The third kappa shape index (κ3) is 6.07. The monoisotopic (exact) mass is 307 g/mol. The van der Waals surface area contributed by atoms with Crippen molar-refractivity contribution in [2.24, 2.45) is 5.73 Å². The maximum atomic E-state index is 9.92. The van der Waals surface area contributed by atoms with Crippen LogP contribution in [0.25, 0.3) is 0 Å². The highest BCUT2D eigenvalue weighted by molar-refractivity contribution is 5.33. The normalized spacial score (nSPS) is 15.5. The Balaban J connectivity index is 2.90. The topological polar surface area (TPSA) is 66.5 Å². The molecule has 0 aliphatic rings. The first-order chi connectivity index (χ1) is 10.6. The SMILES string of the molecule is CCCCC(CCC)c1ccccc1C(N)CC(O)CCO. The van der Waals surface area contributed by atoms with Gasteiger partial charge in [-0.2, -0.15) is 0 Å². The molecule has 1 aromatic carbocycles. The molecular formula is C19H33NO2. The average Bonchev–Trinajstić information content (AvgIpc) is 2.51. The Bertz CT molecular complexity index is 408. The number of hydrogen-bond donors (Lipinski definition) is 3. The van der Waals surface area contributed by atoms with Crippen LogP contribution in [0.1, 0.15) is 81.9 Å². The van der Waals surface area contributed by atoms with Crippen molar-refractivity contribution in [3.8, 4) is 0 Å². The van der Waals surface area contributed by atoms with E-state index in [1.807, 2.05) is 6.07 Å². The summed E-state index contributed by atoms with van der Waals surface area (Å²) >= 11 is 0. The smallest absolute Gasteiger partial charge is 0.0580 e. The van der Waals surface area contributed by atoms with Gasteiger partial charge >= 0.3 is 0 Å². The van der Waals surface area contributed by atoms with E-state index in [0.717, 1.165) is 5.56 Å². The van der Waals surface area contributed by atoms with Gasteiger partial charge in [0.05, 0.1) is 6.10 Å². The van der Waals surface area contributed by atoms with E-state index in [1.165, 1.54) is 37.7 Å². The van der Waals surface area contributed by atoms with Crippen molar-refractivity contribution in [1.29, 1.82) is 0 Å². The fourth-order valence-electron chi connectivity index (χ4n) is 3.16. The molecule has 0 amide bonds. The lowest BCUT2D eigenvalue weighted by Crippen LogP contribution is -2.21.